The van der Waals surface area contributed by atoms with Crippen LogP contribution in [-0.4, -0.2) is 17.0 Å². The molecule has 26 heavy (non-hydrogen) atoms. The predicted octanol–water partition coefficient (Wildman–Crippen LogP) is 6.13. The molecule has 3 heteroatoms. The molecule has 1 amide bonds. The molecule has 1 aromatic heterocycles. The van der Waals surface area contributed by atoms with E-state index < -0.39 is 0 Å². The van der Waals surface area contributed by atoms with Gasteiger partial charge in [0.2, 0.25) is 0 Å². The zero-order valence-electron chi connectivity index (χ0n) is 16.3. The molecule has 0 saturated heterocycles. The highest BCUT2D eigenvalue weighted by Crippen LogP contribution is 2.15. The minimum absolute atomic E-state index is 0.0187. The summed E-state index contributed by atoms with van der Waals surface area (Å²) in [5, 5.41) is 3.07. The van der Waals surface area contributed by atoms with E-state index in [0.717, 1.165) is 24.2 Å². The molecule has 0 atom stereocenters. The third kappa shape index (κ3) is 7.07. The number of rotatable bonds is 13. The van der Waals surface area contributed by atoms with Gasteiger partial charge in [0, 0.05) is 18.9 Å². The summed E-state index contributed by atoms with van der Waals surface area (Å²) in [6, 6.07) is 11.7. The van der Waals surface area contributed by atoms with E-state index in [0.29, 0.717) is 0 Å². The Balaban J connectivity index is 1.60. The summed E-state index contributed by atoms with van der Waals surface area (Å²) in [6.45, 7) is 3.02. The lowest BCUT2D eigenvalue weighted by Crippen LogP contribution is -2.25. The number of amides is 1. The number of hydrogen-bond acceptors (Lipinski definition) is 1. The Hall–Kier alpha value is -2.03. The van der Waals surface area contributed by atoms with Crippen molar-refractivity contribution in [2.24, 2.45) is 0 Å². The second kappa shape index (κ2) is 12.3. The molecule has 2 aromatic rings. The molecule has 0 unspecified atom stereocenters. The van der Waals surface area contributed by atoms with E-state index in [9.17, 15) is 4.79 Å². The van der Waals surface area contributed by atoms with Gasteiger partial charge >= 0.3 is 0 Å². The van der Waals surface area contributed by atoms with Crippen molar-refractivity contribution in [2.75, 3.05) is 6.54 Å². The fourth-order valence-electron chi connectivity index (χ4n) is 3.30. The average molecular weight is 355 g/mol. The van der Waals surface area contributed by atoms with E-state index in [1.807, 2.05) is 53.4 Å². The molecule has 0 fully saturated rings. The highest BCUT2D eigenvalue weighted by Gasteiger charge is 2.10. The van der Waals surface area contributed by atoms with Crippen molar-refractivity contribution in [3.05, 3.63) is 54.4 Å². The van der Waals surface area contributed by atoms with Gasteiger partial charge in [-0.15, -0.1) is 0 Å². The fraction of sp³-hybridized carbons (Fsp3) is 0.522. The number of nitrogens with zero attached hydrogens (tertiary/aromatic N) is 1. The minimum atomic E-state index is 0.0187. The zero-order valence-corrected chi connectivity index (χ0v) is 16.3. The van der Waals surface area contributed by atoms with Gasteiger partial charge in [0.25, 0.3) is 5.91 Å². The Morgan fingerprint density at radius 2 is 1.38 bits per heavy atom. The van der Waals surface area contributed by atoms with E-state index in [1.165, 1.54) is 57.8 Å². The molecule has 0 aliphatic carbocycles. The van der Waals surface area contributed by atoms with Crippen LogP contribution < -0.4 is 5.32 Å². The fourth-order valence-corrected chi connectivity index (χ4v) is 3.30. The number of aromatic nitrogens is 1. The quantitative estimate of drug-likeness (QED) is 0.431. The first-order valence-electron chi connectivity index (χ1n) is 10.3. The summed E-state index contributed by atoms with van der Waals surface area (Å²) in [7, 11) is 0. The lowest BCUT2D eigenvalue weighted by Gasteiger charge is -2.11. The normalized spacial score (nSPS) is 10.8. The third-order valence-corrected chi connectivity index (χ3v) is 4.85. The first-order valence-corrected chi connectivity index (χ1v) is 10.3. The molecule has 142 valence electrons. The topological polar surface area (TPSA) is 34.0 Å². The molecule has 3 nitrogen and oxygen atoms in total. The van der Waals surface area contributed by atoms with E-state index in [1.54, 1.807) is 0 Å². The molecule has 0 aliphatic heterocycles. The molecule has 0 radical (unpaired) electrons. The molecular weight excluding hydrogens is 320 g/mol. The van der Waals surface area contributed by atoms with Crippen molar-refractivity contribution >= 4 is 5.91 Å². The molecule has 0 aliphatic rings. The number of unbranched alkanes of at least 4 members (excludes halogenated alkanes) is 9. The van der Waals surface area contributed by atoms with Gasteiger partial charge in [-0.1, -0.05) is 76.8 Å². The Morgan fingerprint density at radius 3 is 2.04 bits per heavy atom. The van der Waals surface area contributed by atoms with Crippen molar-refractivity contribution in [1.82, 2.24) is 9.88 Å². The summed E-state index contributed by atoms with van der Waals surface area (Å²) in [6.07, 6.45) is 17.0. The van der Waals surface area contributed by atoms with Crippen LogP contribution in [0.15, 0.2) is 48.8 Å². The SMILES string of the molecule is CCCCCCCCCCCCNC(=O)c1ccccc1-n1cccc1. The van der Waals surface area contributed by atoms with Crippen LogP contribution in [0.3, 0.4) is 0 Å². The van der Waals surface area contributed by atoms with Crippen molar-refractivity contribution in [3.8, 4) is 5.69 Å². The van der Waals surface area contributed by atoms with Crippen LogP contribution in [0.1, 0.15) is 81.5 Å². The highest BCUT2D eigenvalue weighted by atomic mass is 16.1. The standard InChI is InChI=1S/C23H34N2O/c1-2-3-4-5-6-7-8-9-10-13-18-24-23(26)21-16-11-12-17-22(21)25-19-14-15-20-25/h11-12,14-17,19-20H,2-10,13,18H2,1H3,(H,24,26). The van der Waals surface area contributed by atoms with Gasteiger partial charge in [-0.3, -0.25) is 4.79 Å². The lowest BCUT2D eigenvalue weighted by molar-refractivity contribution is 0.0953. The number of carbonyl (C=O) groups excluding carboxylic acids is 1. The maximum Gasteiger partial charge on any atom is 0.253 e. The smallest absolute Gasteiger partial charge is 0.253 e. The molecule has 2 rings (SSSR count). The van der Waals surface area contributed by atoms with E-state index in [2.05, 4.69) is 12.2 Å². The maximum absolute atomic E-state index is 12.5. The molecule has 0 saturated carbocycles. The van der Waals surface area contributed by atoms with Crippen LogP contribution in [0.4, 0.5) is 0 Å². The Labute approximate surface area is 158 Å². The minimum Gasteiger partial charge on any atom is -0.352 e. The van der Waals surface area contributed by atoms with Gasteiger partial charge in [0.1, 0.15) is 0 Å². The Morgan fingerprint density at radius 1 is 0.808 bits per heavy atom. The van der Waals surface area contributed by atoms with Crippen LogP contribution in [0, 0.1) is 0 Å². The zero-order chi connectivity index (χ0) is 18.5. The van der Waals surface area contributed by atoms with Crippen LogP contribution in [0.25, 0.3) is 5.69 Å². The molecular formula is C23H34N2O. The highest BCUT2D eigenvalue weighted by molar-refractivity contribution is 5.97. The van der Waals surface area contributed by atoms with Gasteiger partial charge in [-0.25, -0.2) is 0 Å². The monoisotopic (exact) mass is 354 g/mol. The molecule has 0 bridgehead atoms. The second-order valence-corrected chi connectivity index (χ2v) is 7.05. The Bertz CT molecular complexity index is 619. The molecule has 0 spiro atoms. The van der Waals surface area contributed by atoms with Gasteiger partial charge in [0.15, 0.2) is 0 Å². The second-order valence-electron chi connectivity index (χ2n) is 7.05. The summed E-state index contributed by atoms with van der Waals surface area (Å²) in [4.78, 5) is 12.5. The Kier molecular flexibility index (Phi) is 9.63. The number of benzene rings is 1. The average Bonchev–Trinajstić information content (AvgIpc) is 3.20. The van der Waals surface area contributed by atoms with Crippen molar-refractivity contribution < 1.29 is 4.79 Å². The van der Waals surface area contributed by atoms with Crippen LogP contribution in [0.5, 0.6) is 0 Å². The van der Waals surface area contributed by atoms with Gasteiger partial charge in [-0.05, 0) is 30.7 Å². The predicted molar refractivity (Wildman–Crippen MR) is 110 cm³/mol. The first-order chi connectivity index (χ1) is 12.8. The number of carbonyl (C=O) groups is 1. The van der Waals surface area contributed by atoms with E-state index in [-0.39, 0.29) is 5.91 Å². The van der Waals surface area contributed by atoms with Crippen LogP contribution in [0.2, 0.25) is 0 Å². The molecule has 1 heterocycles. The van der Waals surface area contributed by atoms with Gasteiger partial charge in [0.05, 0.1) is 11.3 Å². The summed E-state index contributed by atoms with van der Waals surface area (Å²) >= 11 is 0. The van der Waals surface area contributed by atoms with Crippen molar-refractivity contribution in [2.45, 2.75) is 71.1 Å². The number of hydrogen-bond donors (Lipinski definition) is 1. The van der Waals surface area contributed by atoms with Crippen LogP contribution in [-0.2, 0) is 0 Å². The first kappa shape index (κ1) is 20.3. The number of nitrogens with one attached hydrogen (secondary N) is 1. The summed E-state index contributed by atoms with van der Waals surface area (Å²) in [5.74, 6) is 0.0187. The lowest BCUT2D eigenvalue weighted by atomic mass is 10.1. The third-order valence-electron chi connectivity index (χ3n) is 4.85. The van der Waals surface area contributed by atoms with Crippen molar-refractivity contribution in [3.63, 3.8) is 0 Å². The molecule has 1 N–H and O–H groups in total. The van der Waals surface area contributed by atoms with E-state index in [4.69, 9.17) is 0 Å². The molecule has 1 aromatic carbocycles. The summed E-state index contributed by atoms with van der Waals surface area (Å²) < 4.78 is 1.98. The van der Waals surface area contributed by atoms with Crippen molar-refractivity contribution in [1.29, 1.82) is 0 Å². The summed E-state index contributed by atoms with van der Waals surface area (Å²) in [5.41, 5.74) is 1.66. The van der Waals surface area contributed by atoms with Crippen LogP contribution >= 0.6 is 0 Å². The van der Waals surface area contributed by atoms with E-state index >= 15 is 0 Å². The largest absolute Gasteiger partial charge is 0.352 e. The van der Waals surface area contributed by atoms with Gasteiger partial charge in [-0.2, -0.15) is 0 Å². The maximum atomic E-state index is 12.5. The number of para-hydroxylation sites is 1. The van der Waals surface area contributed by atoms with Gasteiger partial charge < -0.3 is 9.88 Å².